The fourth-order valence-electron chi connectivity index (χ4n) is 2.53. The molecule has 0 aliphatic carbocycles. The number of methoxy groups -OCH3 is 1. The van der Waals surface area contributed by atoms with Crippen LogP contribution in [0.2, 0.25) is 0 Å². The molecule has 2 aromatic carbocycles. The minimum Gasteiger partial charge on any atom is -0.497 e. The Morgan fingerprint density at radius 1 is 1.00 bits per heavy atom. The van der Waals surface area contributed by atoms with Crippen LogP contribution in [0.15, 0.2) is 48.5 Å². The summed E-state index contributed by atoms with van der Waals surface area (Å²) in [5.41, 5.74) is 3.52. The number of anilines is 1. The van der Waals surface area contributed by atoms with Crippen molar-refractivity contribution in [3.63, 3.8) is 0 Å². The molecular formula is C20H26N2OS. The standard InChI is InChI=1S/C20H26N2OS/c1-5-19(16-8-12-18(23-4)13-9-16)22-20(24)21-17-10-6-15(7-11-17)14(2)3/h6-14,19H,5H2,1-4H3,(H2,21,22,24)/t19-/m1/s1. The van der Waals surface area contributed by atoms with Gasteiger partial charge >= 0.3 is 0 Å². The van der Waals surface area contributed by atoms with Crippen LogP contribution in [0.4, 0.5) is 5.69 Å². The molecule has 0 radical (unpaired) electrons. The van der Waals surface area contributed by atoms with Crippen LogP contribution in [0.1, 0.15) is 50.3 Å². The van der Waals surface area contributed by atoms with Crippen molar-refractivity contribution in [1.29, 1.82) is 0 Å². The molecule has 0 spiro atoms. The maximum atomic E-state index is 5.46. The topological polar surface area (TPSA) is 33.3 Å². The minimum absolute atomic E-state index is 0.172. The monoisotopic (exact) mass is 342 g/mol. The fraction of sp³-hybridized carbons (Fsp3) is 0.350. The van der Waals surface area contributed by atoms with Gasteiger partial charge in [0.15, 0.2) is 5.11 Å². The van der Waals surface area contributed by atoms with Crippen LogP contribution in [0.5, 0.6) is 5.75 Å². The molecule has 2 rings (SSSR count). The van der Waals surface area contributed by atoms with Gasteiger partial charge in [0, 0.05) is 5.69 Å². The normalized spacial score (nSPS) is 11.9. The Balaban J connectivity index is 1.98. The van der Waals surface area contributed by atoms with Gasteiger partial charge in [0.2, 0.25) is 0 Å². The second-order valence-corrected chi connectivity index (χ2v) is 6.52. The summed E-state index contributed by atoms with van der Waals surface area (Å²) in [5, 5.41) is 7.28. The number of rotatable bonds is 6. The van der Waals surface area contributed by atoms with Crippen LogP contribution in [0, 0.1) is 0 Å². The molecule has 0 fully saturated rings. The number of ether oxygens (including phenoxy) is 1. The number of hydrogen-bond acceptors (Lipinski definition) is 2. The number of nitrogens with one attached hydrogen (secondary N) is 2. The van der Waals surface area contributed by atoms with Crippen LogP contribution >= 0.6 is 12.2 Å². The Kier molecular flexibility index (Phi) is 6.62. The van der Waals surface area contributed by atoms with Gasteiger partial charge < -0.3 is 15.4 Å². The maximum absolute atomic E-state index is 5.46. The Labute approximate surface area is 150 Å². The molecule has 2 N–H and O–H groups in total. The van der Waals surface area contributed by atoms with E-state index in [9.17, 15) is 0 Å². The molecule has 0 saturated carbocycles. The highest BCUT2D eigenvalue weighted by Crippen LogP contribution is 2.21. The largest absolute Gasteiger partial charge is 0.497 e. The third-order valence-electron chi connectivity index (χ3n) is 4.07. The first-order valence-corrected chi connectivity index (χ1v) is 8.75. The van der Waals surface area contributed by atoms with Gasteiger partial charge in [0.05, 0.1) is 13.2 Å². The van der Waals surface area contributed by atoms with E-state index in [4.69, 9.17) is 17.0 Å². The van der Waals surface area contributed by atoms with Crippen LogP contribution in [-0.2, 0) is 0 Å². The third-order valence-corrected chi connectivity index (χ3v) is 4.29. The summed E-state index contributed by atoms with van der Waals surface area (Å²) in [5.74, 6) is 1.39. The lowest BCUT2D eigenvalue weighted by atomic mass is 10.0. The molecule has 128 valence electrons. The van der Waals surface area contributed by atoms with Gasteiger partial charge in [-0.2, -0.15) is 0 Å². The van der Waals surface area contributed by atoms with E-state index in [2.05, 4.69) is 67.8 Å². The van der Waals surface area contributed by atoms with Gasteiger partial charge in [-0.15, -0.1) is 0 Å². The van der Waals surface area contributed by atoms with Gasteiger partial charge in [-0.25, -0.2) is 0 Å². The average molecular weight is 343 g/mol. The quantitative estimate of drug-likeness (QED) is 0.702. The highest BCUT2D eigenvalue weighted by atomic mass is 32.1. The number of hydrogen-bond donors (Lipinski definition) is 2. The van der Waals surface area contributed by atoms with E-state index in [0.717, 1.165) is 17.9 Å². The van der Waals surface area contributed by atoms with E-state index in [0.29, 0.717) is 11.0 Å². The minimum atomic E-state index is 0.172. The Hall–Kier alpha value is -2.07. The first kappa shape index (κ1) is 18.3. The zero-order valence-electron chi connectivity index (χ0n) is 14.8. The summed E-state index contributed by atoms with van der Waals surface area (Å²) in [4.78, 5) is 0. The van der Waals surface area contributed by atoms with Crippen molar-refractivity contribution in [2.24, 2.45) is 0 Å². The molecule has 3 nitrogen and oxygen atoms in total. The maximum Gasteiger partial charge on any atom is 0.171 e. The van der Waals surface area contributed by atoms with E-state index < -0.39 is 0 Å². The average Bonchev–Trinajstić information content (AvgIpc) is 2.60. The lowest BCUT2D eigenvalue weighted by molar-refractivity contribution is 0.414. The lowest BCUT2D eigenvalue weighted by Gasteiger charge is -2.20. The smallest absolute Gasteiger partial charge is 0.171 e. The summed E-state index contributed by atoms with van der Waals surface area (Å²) in [7, 11) is 1.67. The predicted octanol–water partition coefficient (Wildman–Crippen LogP) is 5.26. The highest BCUT2D eigenvalue weighted by molar-refractivity contribution is 7.80. The molecule has 0 saturated heterocycles. The molecular weight excluding hydrogens is 316 g/mol. The van der Waals surface area contributed by atoms with Crippen LogP contribution in [-0.4, -0.2) is 12.2 Å². The molecule has 2 aromatic rings. The number of thiocarbonyl (C=S) groups is 1. The van der Waals surface area contributed by atoms with Crippen molar-refractivity contribution in [3.05, 3.63) is 59.7 Å². The van der Waals surface area contributed by atoms with Crippen LogP contribution < -0.4 is 15.4 Å². The van der Waals surface area contributed by atoms with Crippen molar-refractivity contribution >= 4 is 23.0 Å². The molecule has 0 aliphatic rings. The van der Waals surface area contributed by atoms with Gasteiger partial charge in [-0.3, -0.25) is 0 Å². The summed E-state index contributed by atoms with van der Waals surface area (Å²) in [6, 6.07) is 16.7. The lowest BCUT2D eigenvalue weighted by Crippen LogP contribution is -2.32. The SMILES string of the molecule is CC[C@@H](NC(=S)Nc1ccc(C(C)C)cc1)c1ccc(OC)cc1. The number of benzene rings is 2. The van der Waals surface area contributed by atoms with E-state index in [1.807, 2.05) is 12.1 Å². The summed E-state index contributed by atoms with van der Waals surface area (Å²) in [6.45, 7) is 6.52. The van der Waals surface area contributed by atoms with Crippen LogP contribution in [0.3, 0.4) is 0 Å². The van der Waals surface area contributed by atoms with E-state index >= 15 is 0 Å². The fourth-order valence-corrected chi connectivity index (χ4v) is 2.79. The van der Waals surface area contributed by atoms with E-state index in [1.54, 1.807) is 7.11 Å². The van der Waals surface area contributed by atoms with Gasteiger partial charge in [-0.05, 0) is 59.9 Å². The molecule has 1 atom stereocenters. The molecule has 0 unspecified atom stereocenters. The van der Waals surface area contributed by atoms with Gasteiger partial charge in [-0.1, -0.05) is 45.0 Å². The summed E-state index contributed by atoms with van der Waals surface area (Å²) < 4.78 is 5.21. The van der Waals surface area contributed by atoms with E-state index in [-0.39, 0.29) is 6.04 Å². The molecule has 0 aromatic heterocycles. The Morgan fingerprint density at radius 3 is 2.08 bits per heavy atom. The van der Waals surface area contributed by atoms with Crippen molar-refractivity contribution in [2.75, 3.05) is 12.4 Å². The summed E-state index contributed by atoms with van der Waals surface area (Å²) in [6.07, 6.45) is 0.945. The van der Waals surface area contributed by atoms with Gasteiger partial charge in [0.25, 0.3) is 0 Å². The van der Waals surface area contributed by atoms with Gasteiger partial charge in [0.1, 0.15) is 5.75 Å². The molecule has 4 heteroatoms. The van der Waals surface area contributed by atoms with Crippen molar-refractivity contribution in [1.82, 2.24) is 5.32 Å². The molecule has 0 bridgehead atoms. The predicted molar refractivity (Wildman–Crippen MR) is 106 cm³/mol. The molecule has 0 aliphatic heterocycles. The Bertz CT molecular complexity index is 650. The summed E-state index contributed by atoms with van der Waals surface area (Å²) >= 11 is 5.46. The highest BCUT2D eigenvalue weighted by Gasteiger charge is 2.11. The zero-order valence-corrected chi connectivity index (χ0v) is 15.6. The first-order chi connectivity index (χ1) is 11.5. The van der Waals surface area contributed by atoms with E-state index in [1.165, 1.54) is 11.1 Å². The first-order valence-electron chi connectivity index (χ1n) is 8.35. The zero-order chi connectivity index (χ0) is 17.5. The van der Waals surface area contributed by atoms with Crippen molar-refractivity contribution in [2.45, 2.75) is 39.2 Å². The second-order valence-electron chi connectivity index (χ2n) is 6.11. The van der Waals surface area contributed by atoms with Crippen molar-refractivity contribution in [3.8, 4) is 5.75 Å². The molecule has 24 heavy (non-hydrogen) atoms. The second kappa shape index (κ2) is 8.69. The van der Waals surface area contributed by atoms with Crippen molar-refractivity contribution < 1.29 is 4.74 Å². The van der Waals surface area contributed by atoms with Crippen LogP contribution in [0.25, 0.3) is 0 Å². The molecule has 0 heterocycles. The molecule has 0 amide bonds. The Morgan fingerprint density at radius 2 is 1.58 bits per heavy atom. The third kappa shape index (κ3) is 4.96.